The van der Waals surface area contributed by atoms with Gasteiger partial charge in [-0.1, -0.05) is 37.5 Å². The van der Waals surface area contributed by atoms with Gasteiger partial charge in [-0.05, 0) is 35.5 Å². The summed E-state index contributed by atoms with van der Waals surface area (Å²) >= 11 is 0. The second-order valence-corrected chi connectivity index (χ2v) is 3.07. The molecule has 0 N–H and O–H groups in total. The first-order valence-corrected chi connectivity index (χ1v) is 5.04. The van der Waals surface area contributed by atoms with Gasteiger partial charge in [0.05, 0.1) is 0 Å². The minimum Gasteiger partial charge on any atom is -0.125 e. The Kier molecular flexibility index (Phi) is 9.40. The Hall–Kier alpha value is -1.12. The maximum Gasteiger partial charge on any atom is 0.0203 e. The number of rotatable bonds is 2. The first kappa shape index (κ1) is 15.9. The van der Waals surface area contributed by atoms with Crippen LogP contribution in [0.3, 0.4) is 0 Å². The van der Waals surface area contributed by atoms with Gasteiger partial charge in [-0.2, -0.15) is 0 Å². The predicted molar refractivity (Wildman–Crippen MR) is 78.3 cm³/mol. The minimum atomic E-state index is 0. The van der Waals surface area contributed by atoms with E-state index in [4.69, 9.17) is 0 Å². The Labute approximate surface area is 124 Å². The predicted octanol–water partition coefficient (Wildman–Crippen LogP) is 3.92. The Morgan fingerprint density at radius 3 is 1.41 bits per heavy atom. The van der Waals surface area contributed by atoms with Crippen LogP contribution in [0.5, 0.6) is 0 Å². The van der Waals surface area contributed by atoms with Crippen LogP contribution in [0.2, 0.25) is 0 Å². The third kappa shape index (κ3) is 6.93. The van der Waals surface area contributed by atoms with Crippen LogP contribution in [-0.2, 0) is 0 Å². The average molecular weight is 417 g/mol. The summed E-state index contributed by atoms with van der Waals surface area (Å²) in [5.41, 5.74) is 8.12. The summed E-state index contributed by atoms with van der Waals surface area (Å²) in [5, 5.41) is 0. The van der Waals surface area contributed by atoms with Gasteiger partial charge in [-0.3, -0.25) is 0 Å². The largest absolute Gasteiger partial charge is 0.125 e. The standard InChI is InChI=1S/2C8H7.Bi.H2/c2*1-2-8-6-4-3-5-7-8;;/h2*2,4-7H,1H2;;1H. The monoisotopic (exact) mass is 417 g/mol. The summed E-state index contributed by atoms with van der Waals surface area (Å²) in [6, 6.07) is 0. The second kappa shape index (κ2) is 10.1. The quantitative estimate of drug-likeness (QED) is 0.472. The van der Waals surface area contributed by atoms with Crippen molar-refractivity contribution in [2.45, 2.75) is 0 Å². The van der Waals surface area contributed by atoms with Crippen LogP contribution in [-0.4, -0.2) is 26.2 Å². The summed E-state index contributed by atoms with van der Waals surface area (Å²) in [5.74, 6) is 0. The van der Waals surface area contributed by atoms with Crippen molar-refractivity contribution in [1.29, 1.82) is 0 Å². The van der Waals surface area contributed by atoms with Crippen LogP contribution in [0.4, 0.5) is 0 Å². The van der Waals surface area contributed by atoms with Gasteiger partial charge in [0.1, 0.15) is 0 Å². The van der Waals surface area contributed by atoms with E-state index in [9.17, 15) is 0 Å². The fourth-order valence-electron chi connectivity index (χ4n) is 1.07. The number of hydrogen-bond donors (Lipinski definition) is 0. The van der Waals surface area contributed by atoms with Crippen LogP contribution in [0, 0.1) is 12.8 Å². The van der Waals surface area contributed by atoms with Crippen LogP contribution < -0.4 is 0 Å². The van der Waals surface area contributed by atoms with E-state index in [1.54, 1.807) is 0 Å². The van der Waals surface area contributed by atoms with E-state index in [1.165, 1.54) is 0 Å². The van der Waals surface area contributed by atoms with E-state index >= 15 is 0 Å². The molecule has 0 saturated heterocycles. The summed E-state index contributed by atoms with van der Waals surface area (Å²) in [6.45, 7) is 7.23. The Morgan fingerprint density at radius 1 is 0.824 bits per heavy atom. The molecular formula is C16H16Bi. The van der Waals surface area contributed by atoms with Gasteiger partial charge in [-0.25, -0.2) is 0 Å². The Morgan fingerprint density at radius 2 is 1.24 bits per heavy atom. The zero-order valence-electron chi connectivity index (χ0n) is 9.63. The van der Waals surface area contributed by atoms with Crippen molar-refractivity contribution in [3.8, 4) is 0 Å². The van der Waals surface area contributed by atoms with E-state index in [0.717, 1.165) is 11.1 Å². The molecule has 0 heterocycles. The molecule has 2 aliphatic carbocycles. The molecule has 17 heavy (non-hydrogen) atoms. The average Bonchev–Trinajstić information content (AvgIpc) is 2.41. The molecule has 0 aromatic carbocycles. The van der Waals surface area contributed by atoms with Crippen LogP contribution in [0.15, 0.2) is 84.4 Å². The molecule has 0 aliphatic heterocycles. The third-order valence-electron chi connectivity index (χ3n) is 1.96. The number of hydrogen-bond acceptors (Lipinski definition) is 0. The van der Waals surface area contributed by atoms with E-state index in [-0.39, 0.29) is 27.6 Å². The molecule has 0 atom stereocenters. The van der Waals surface area contributed by atoms with E-state index in [0.29, 0.717) is 0 Å². The Balaban J connectivity index is 0. The molecule has 0 aromatic heterocycles. The fourth-order valence-corrected chi connectivity index (χ4v) is 1.07. The molecule has 0 nitrogen and oxygen atoms in total. The van der Waals surface area contributed by atoms with Gasteiger partial charge < -0.3 is 0 Å². The molecule has 0 unspecified atom stereocenters. The SMILES string of the molecule is C=CC1=CC=C=C[CH]1.C=CC1=CC=C=C[CH]1.[Bi].[HH]. The van der Waals surface area contributed by atoms with E-state index in [2.05, 4.69) is 24.6 Å². The van der Waals surface area contributed by atoms with Gasteiger partial charge in [0.25, 0.3) is 0 Å². The van der Waals surface area contributed by atoms with Crippen molar-refractivity contribution in [2.75, 3.05) is 0 Å². The normalized spacial score (nSPS) is 14.8. The van der Waals surface area contributed by atoms with Gasteiger partial charge in [0, 0.05) is 40.5 Å². The first-order valence-electron chi connectivity index (χ1n) is 5.04. The zero-order chi connectivity index (χ0) is 11.6. The van der Waals surface area contributed by atoms with Gasteiger partial charge in [0.15, 0.2) is 0 Å². The molecule has 85 valence electrons. The van der Waals surface area contributed by atoms with Crippen molar-refractivity contribution in [3.63, 3.8) is 0 Å². The van der Waals surface area contributed by atoms with Crippen LogP contribution in [0.25, 0.3) is 0 Å². The smallest absolute Gasteiger partial charge is 0.0203 e. The van der Waals surface area contributed by atoms with E-state index in [1.807, 2.05) is 61.4 Å². The number of allylic oxidation sites excluding steroid dienone is 8. The summed E-state index contributed by atoms with van der Waals surface area (Å²) < 4.78 is 0. The summed E-state index contributed by atoms with van der Waals surface area (Å²) in [6.07, 6.45) is 19.0. The summed E-state index contributed by atoms with van der Waals surface area (Å²) in [7, 11) is 0. The zero-order valence-corrected chi connectivity index (χ0v) is 13.1. The summed E-state index contributed by atoms with van der Waals surface area (Å²) in [4.78, 5) is 0. The molecule has 0 saturated carbocycles. The van der Waals surface area contributed by atoms with Crippen molar-refractivity contribution < 1.29 is 1.43 Å². The third-order valence-corrected chi connectivity index (χ3v) is 1.96. The van der Waals surface area contributed by atoms with Crippen LogP contribution in [0.1, 0.15) is 1.43 Å². The molecule has 0 amide bonds. The van der Waals surface area contributed by atoms with Crippen molar-refractivity contribution in [1.82, 2.24) is 0 Å². The molecule has 0 fully saturated rings. The van der Waals surface area contributed by atoms with Crippen molar-refractivity contribution in [2.24, 2.45) is 0 Å². The fraction of sp³-hybridized carbons (Fsp3) is 0. The van der Waals surface area contributed by atoms with Crippen LogP contribution >= 0.6 is 0 Å². The molecule has 5 radical (unpaired) electrons. The van der Waals surface area contributed by atoms with Gasteiger partial charge in [-0.15, -0.1) is 11.5 Å². The molecular weight excluding hydrogens is 401 g/mol. The van der Waals surface area contributed by atoms with E-state index < -0.39 is 0 Å². The second-order valence-electron chi connectivity index (χ2n) is 3.07. The molecule has 2 rings (SSSR count). The Bertz CT molecular complexity index is 407. The van der Waals surface area contributed by atoms with Crippen molar-refractivity contribution >= 4 is 26.2 Å². The maximum absolute atomic E-state index is 3.62. The molecule has 0 spiro atoms. The molecule has 2 aliphatic rings. The molecule has 1 heteroatoms. The molecule has 0 aromatic rings. The topological polar surface area (TPSA) is 0 Å². The first-order chi connectivity index (χ1) is 7.86. The molecule has 0 bridgehead atoms. The maximum atomic E-state index is 3.62. The van der Waals surface area contributed by atoms with Gasteiger partial charge in [0.2, 0.25) is 0 Å². The van der Waals surface area contributed by atoms with Gasteiger partial charge >= 0.3 is 0 Å². The minimum absolute atomic E-state index is 0. The van der Waals surface area contributed by atoms with Crippen molar-refractivity contribution in [3.05, 3.63) is 97.2 Å².